The van der Waals surface area contributed by atoms with Gasteiger partial charge in [-0.25, -0.2) is 4.79 Å². The molecular formula is C35H45N3O5. The van der Waals surface area contributed by atoms with Crippen molar-refractivity contribution in [3.05, 3.63) is 71.1 Å². The van der Waals surface area contributed by atoms with Crippen LogP contribution >= 0.6 is 0 Å². The van der Waals surface area contributed by atoms with Crippen molar-refractivity contribution >= 4 is 11.9 Å². The molecule has 2 N–H and O–H groups in total. The third kappa shape index (κ3) is 6.07. The topological polar surface area (TPSA) is 105 Å². The lowest BCUT2D eigenvalue weighted by Gasteiger charge is -2.36. The maximum Gasteiger partial charge on any atom is 0.326 e. The molecule has 4 atom stereocenters. The highest BCUT2D eigenvalue weighted by Gasteiger charge is 2.58. The molecule has 43 heavy (non-hydrogen) atoms. The number of nitrogens with zero attached hydrogens (tertiary/aromatic N) is 2. The zero-order valence-electron chi connectivity index (χ0n) is 26.2. The molecule has 0 radical (unpaired) electrons. The molecule has 2 aromatic carbocycles. The van der Waals surface area contributed by atoms with Gasteiger partial charge in [0.25, 0.3) is 0 Å². The van der Waals surface area contributed by atoms with Crippen molar-refractivity contribution in [2.45, 2.75) is 91.4 Å². The molecule has 2 heterocycles. The summed E-state index contributed by atoms with van der Waals surface area (Å²) < 4.78 is 11.2. The average Bonchev–Trinajstić information content (AvgIpc) is 3.53. The predicted molar refractivity (Wildman–Crippen MR) is 166 cm³/mol. The van der Waals surface area contributed by atoms with Gasteiger partial charge in [-0.2, -0.15) is 0 Å². The Kier molecular flexibility index (Phi) is 8.97. The van der Waals surface area contributed by atoms with Gasteiger partial charge in [0.1, 0.15) is 17.6 Å². The van der Waals surface area contributed by atoms with E-state index in [0.29, 0.717) is 6.54 Å². The van der Waals surface area contributed by atoms with E-state index in [4.69, 9.17) is 9.26 Å². The Labute approximate surface area is 254 Å². The van der Waals surface area contributed by atoms with E-state index < -0.39 is 23.5 Å². The third-order valence-corrected chi connectivity index (χ3v) is 9.40. The van der Waals surface area contributed by atoms with Crippen molar-refractivity contribution in [2.24, 2.45) is 17.3 Å². The lowest BCUT2D eigenvalue weighted by molar-refractivity contribution is -0.154. The molecule has 1 aromatic heterocycles. The first kappa shape index (κ1) is 30.8. The second-order valence-electron chi connectivity index (χ2n) is 13.2. The Morgan fingerprint density at radius 1 is 1.07 bits per heavy atom. The summed E-state index contributed by atoms with van der Waals surface area (Å²) in [4.78, 5) is 29.2. The van der Waals surface area contributed by atoms with Crippen LogP contribution in [0.3, 0.4) is 0 Å². The Morgan fingerprint density at radius 3 is 2.35 bits per heavy atom. The zero-order valence-corrected chi connectivity index (χ0v) is 26.2. The van der Waals surface area contributed by atoms with Crippen molar-refractivity contribution in [3.63, 3.8) is 0 Å². The summed E-state index contributed by atoms with van der Waals surface area (Å²) in [5.41, 5.74) is 4.22. The summed E-state index contributed by atoms with van der Waals surface area (Å²) in [6.45, 7) is 10.5. The molecule has 1 amide bonds. The van der Waals surface area contributed by atoms with Crippen molar-refractivity contribution < 1.29 is 24.0 Å². The Morgan fingerprint density at radius 2 is 1.77 bits per heavy atom. The van der Waals surface area contributed by atoms with Gasteiger partial charge in [-0.1, -0.05) is 81.6 Å². The number of aliphatic carboxylic acids is 1. The fourth-order valence-electron chi connectivity index (χ4n) is 7.48. The summed E-state index contributed by atoms with van der Waals surface area (Å²) >= 11 is 0. The number of methoxy groups -OCH3 is 1. The van der Waals surface area contributed by atoms with E-state index in [1.807, 2.05) is 56.3 Å². The Hall–Kier alpha value is -3.65. The van der Waals surface area contributed by atoms with Gasteiger partial charge in [0, 0.05) is 35.5 Å². The highest BCUT2D eigenvalue weighted by atomic mass is 16.5. The van der Waals surface area contributed by atoms with E-state index >= 15 is 0 Å². The van der Waals surface area contributed by atoms with Crippen LogP contribution in [0.15, 0.2) is 53.1 Å². The number of amides is 1. The SMILES string of the molecule is COc1ccc(-c2c(C)noc2C)cc1CN[C@H]1[C@H](C(C)(C)C)[C@@H](C(=O)O)N(C(=O)C2CCCCC2)[C@H]1c1ccccc1. The first-order valence-electron chi connectivity index (χ1n) is 15.5. The maximum atomic E-state index is 14.3. The van der Waals surface area contributed by atoms with Crippen LogP contribution in [-0.2, 0) is 16.1 Å². The zero-order chi connectivity index (χ0) is 30.9. The van der Waals surface area contributed by atoms with E-state index in [1.165, 1.54) is 0 Å². The van der Waals surface area contributed by atoms with Crippen LogP contribution in [0.2, 0.25) is 0 Å². The lowest BCUT2D eigenvalue weighted by atomic mass is 9.72. The van der Waals surface area contributed by atoms with Crippen LogP contribution in [0.5, 0.6) is 5.75 Å². The summed E-state index contributed by atoms with van der Waals surface area (Å²) in [5.74, 6) is 0.00209. The number of aryl methyl sites for hydroxylation is 2. The molecule has 0 bridgehead atoms. The van der Waals surface area contributed by atoms with Gasteiger partial charge in [0.05, 0.1) is 18.8 Å². The molecule has 1 aliphatic carbocycles. The minimum atomic E-state index is -0.952. The fourth-order valence-corrected chi connectivity index (χ4v) is 7.48. The quantitative estimate of drug-likeness (QED) is 0.302. The number of ether oxygens (including phenoxy) is 1. The van der Waals surface area contributed by atoms with Crippen molar-refractivity contribution in [3.8, 4) is 16.9 Å². The normalized spacial score (nSPS) is 23.0. The number of carboxylic acid groups (broad SMARTS) is 1. The minimum absolute atomic E-state index is 0.0301. The molecule has 230 valence electrons. The molecular weight excluding hydrogens is 542 g/mol. The van der Waals surface area contributed by atoms with Crippen molar-refractivity contribution in [1.29, 1.82) is 0 Å². The summed E-state index contributed by atoms with van der Waals surface area (Å²) in [6.07, 6.45) is 4.76. The maximum absolute atomic E-state index is 14.3. The number of aromatic nitrogens is 1. The summed E-state index contributed by atoms with van der Waals surface area (Å²) in [7, 11) is 1.65. The molecule has 1 aliphatic heterocycles. The molecule has 1 saturated heterocycles. The van der Waals surface area contributed by atoms with E-state index in [2.05, 4.69) is 37.3 Å². The highest BCUT2D eigenvalue weighted by molar-refractivity contribution is 5.87. The second-order valence-corrected chi connectivity index (χ2v) is 13.2. The number of benzene rings is 2. The number of nitrogens with one attached hydrogen (secondary N) is 1. The van der Waals surface area contributed by atoms with Crippen LogP contribution in [-0.4, -0.2) is 46.2 Å². The van der Waals surface area contributed by atoms with E-state index in [1.54, 1.807) is 12.0 Å². The third-order valence-electron chi connectivity index (χ3n) is 9.40. The van der Waals surface area contributed by atoms with Gasteiger partial charge in [-0.15, -0.1) is 0 Å². The Balaban J connectivity index is 1.58. The number of carbonyl (C=O) groups excluding carboxylic acids is 1. The predicted octanol–water partition coefficient (Wildman–Crippen LogP) is 6.70. The molecule has 0 spiro atoms. The van der Waals surface area contributed by atoms with Gasteiger partial charge < -0.3 is 24.6 Å². The number of carbonyl (C=O) groups is 2. The van der Waals surface area contributed by atoms with E-state index in [0.717, 1.165) is 71.6 Å². The Bertz CT molecular complexity index is 1420. The molecule has 0 unspecified atom stereocenters. The first-order valence-corrected chi connectivity index (χ1v) is 15.5. The van der Waals surface area contributed by atoms with Gasteiger partial charge in [-0.05, 0) is 55.4 Å². The number of likely N-dealkylation sites (tertiary alicyclic amines) is 1. The number of hydrogen-bond acceptors (Lipinski definition) is 6. The first-order chi connectivity index (χ1) is 20.5. The monoisotopic (exact) mass is 587 g/mol. The highest BCUT2D eigenvalue weighted by Crippen LogP contribution is 2.49. The van der Waals surface area contributed by atoms with Gasteiger partial charge >= 0.3 is 5.97 Å². The van der Waals surface area contributed by atoms with E-state index in [-0.39, 0.29) is 23.8 Å². The average molecular weight is 588 g/mol. The standard InChI is InChI=1S/C35H45N3O5/c1-21-28(22(2)43-37-21)25-17-18-27(42-6)26(19-25)20-36-30-29(35(3,4)5)32(34(40)41)38(31(30)23-13-9-7-10-14-23)33(39)24-15-11-8-12-16-24/h7,9-10,13-14,17-19,24,29-32,36H,8,11-12,15-16,20H2,1-6H3,(H,40,41)/t29-,30-,31-,32-/m0/s1. The van der Waals surface area contributed by atoms with Gasteiger partial charge in [0.15, 0.2) is 0 Å². The van der Waals surface area contributed by atoms with Gasteiger partial charge in [-0.3, -0.25) is 4.79 Å². The van der Waals surface area contributed by atoms with Crippen LogP contribution in [0.1, 0.15) is 81.5 Å². The molecule has 8 heteroatoms. The molecule has 3 aromatic rings. The lowest BCUT2D eigenvalue weighted by Crippen LogP contribution is -2.49. The molecule has 5 rings (SSSR count). The molecule has 2 fully saturated rings. The summed E-state index contributed by atoms with van der Waals surface area (Å²) in [5, 5.41) is 18.7. The number of carboxylic acids is 1. The van der Waals surface area contributed by atoms with Crippen LogP contribution < -0.4 is 10.1 Å². The van der Waals surface area contributed by atoms with Crippen molar-refractivity contribution in [1.82, 2.24) is 15.4 Å². The molecule has 1 saturated carbocycles. The number of rotatable bonds is 8. The van der Waals surface area contributed by atoms with Crippen molar-refractivity contribution in [2.75, 3.05) is 7.11 Å². The molecule has 2 aliphatic rings. The largest absolute Gasteiger partial charge is 0.496 e. The second kappa shape index (κ2) is 12.5. The van der Waals surface area contributed by atoms with Crippen LogP contribution in [0, 0.1) is 31.1 Å². The van der Waals surface area contributed by atoms with Gasteiger partial charge in [0.2, 0.25) is 5.91 Å². The minimum Gasteiger partial charge on any atom is -0.496 e. The van der Waals surface area contributed by atoms with Crippen LogP contribution in [0.4, 0.5) is 0 Å². The number of hydrogen-bond donors (Lipinski definition) is 2. The van der Waals surface area contributed by atoms with Crippen LogP contribution in [0.25, 0.3) is 11.1 Å². The smallest absolute Gasteiger partial charge is 0.326 e. The summed E-state index contributed by atoms with van der Waals surface area (Å²) in [6, 6.07) is 14.2. The molecule has 8 nitrogen and oxygen atoms in total. The van der Waals surface area contributed by atoms with E-state index in [9.17, 15) is 14.7 Å². The fraction of sp³-hybridized carbons (Fsp3) is 0.514.